The first-order chi connectivity index (χ1) is 10.5. The second-order valence-electron chi connectivity index (χ2n) is 5.76. The second-order valence-corrected chi connectivity index (χ2v) is 5.76. The zero-order chi connectivity index (χ0) is 16.5. The van der Waals surface area contributed by atoms with Crippen molar-refractivity contribution in [3.8, 4) is 11.5 Å². The van der Waals surface area contributed by atoms with Gasteiger partial charge in [0.1, 0.15) is 0 Å². The van der Waals surface area contributed by atoms with E-state index in [1.54, 1.807) is 19.1 Å². The molecule has 0 heterocycles. The zero-order valence-electron chi connectivity index (χ0n) is 14.5. The molecule has 1 aromatic rings. The van der Waals surface area contributed by atoms with Gasteiger partial charge in [-0.2, -0.15) is 0 Å². The normalized spacial score (nSPS) is 11.6. The van der Waals surface area contributed by atoms with Gasteiger partial charge < -0.3 is 20.1 Å². The van der Waals surface area contributed by atoms with E-state index in [0.717, 1.165) is 6.42 Å². The predicted molar refractivity (Wildman–Crippen MR) is 95.4 cm³/mol. The van der Waals surface area contributed by atoms with Gasteiger partial charge in [0.25, 0.3) is 0 Å². The Morgan fingerprint density at radius 1 is 1.26 bits per heavy atom. The predicted octanol–water partition coefficient (Wildman–Crippen LogP) is 2.72. The molecule has 1 rings (SSSR count). The lowest BCUT2D eigenvalue weighted by Gasteiger charge is -2.21. The molecule has 2 N–H and O–H groups in total. The Morgan fingerprint density at radius 3 is 2.43 bits per heavy atom. The highest BCUT2D eigenvalue weighted by Gasteiger charge is 2.13. The van der Waals surface area contributed by atoms with Crippen molar-refractivity contribution in [2.45, 2.75) is 32.7 Å². The Kier molecular flexibility index (Phi) is 10.4. The minimum atomic E-state index is 0. The standard InChI is InChI=1S/C17H28N2O3.ClH/c1-13(2)14(18)9-11-19(3)17(20)10-12-22-16-8-6-5-7-15(16)21-4;/h5-8,13-14H,9-12,18H2,1-4H3;1H. The number of benzene rings is 1. The number of carbonyl (C=O) groups excluding carboxylic acids is 1. The third-order valence-electron chi connectivity index (χ3n) is 3.72. The lowest BCUT2D eigenvalue weighted by molar-refractivity contribution is -0.130. The fourth-order valence-corrected chi connectivity index (χ4v) is 1.98. The number of ether oxygens (including phenoxy) is 2. The van der Waals surface area contributed by atoms with E-state index in [2.05, 4.69) is 13.8 Å². The van der Waals surface area contributed by atoms with Crippen LogP contribution in [0.5, 0.6) is 11.5 Å². The first-order valence-corrected chi connectivity index (χ1v) is 7.71. The number of hydrogen-bond donors (Lipinski definition) is 1. The van der Waals surface area contributed by atoms with Gasteiger partial charge in [0.15, 0.2) is 11.5 Å². The topological polar surface area (TPSA) is 64.8 Å². The summed E-state index contributed by atoms with van der Waals surface area (Å²) in [7, 11) is 3.40. The number of para-hydroxylation sites is 2. The number of hydrogen-bond acceptors (Lipinski definition) is 4. The maximum atomic E-state index is 12.0. The molecular formula is C17H29ClN2O3. The van der Waals surface area contributed by atoms with Crippen molar-refractivity contribution < 1.29 is 14.3 Å². The van der Waals surface area contributed by atoms with Gasteiger partial charge in [-0.25, -0.2) is 0 Å². The van der Waals surface area contributed by atoms with Gasteiger partial charge in [-0.3, -0.25) is 4.79 Å². The molecule has 1 atom stereocenters. The highest BCUT2D eigenvalue weighted by Crippen LogP contribution is 2.25. The molecule has 0 aliphatic heterocycles. The molecule has 0 bridgehead atoms. The van der Waals surface area contributed by atoms with E-state index in [0.29, 0.717) is 37.0 Å². The van der Waals surface area contributed by atoms with Gasteiger partial charge in [-0.1, -0.05) is 26.0 Å². The van der Waals surface area contributed by atoms with Crippen molar-refractivity contribution in [2.75, 3.05) is 27.3 Å². The second kappa shape index (κ2) is 11.1. The number of nitrogens with two attached hydrogens (primary N) is 1. The van der Waals surface area contributed by atoms with Crippen LogP contribution >= 0.6 is 12.4 Å². The molecule has 0 radical (unpaired) electrons. The summed E-state index contributed by atoms with van der Waals surface area (Å²) in [5.74, 6) is 1.82. The summed E-state index contributed by atoms with van der Waals surface area (Å²) in [4.78, 5) is 13.8. The number of rotatable bonds is 9. The molecule has 0 aliphatic rings. The van der Waals surface area contributed by atoms with Gasteiger partial charge in [0, 0.05) is 19.6 Å². The number of halogens is 1. The highest BCUT2D eigenvalue weighted by atomic mass is 35.5. The van der Waals surface area contributed by atoms with Crippen LogP contribution in [0.15, 0.2) is 24.3 Å². The van der Waals surface area contributed by atoms with Crippen molar-refractivity contribution in [3.63, 3.8) is 0 Å². The fourth-order valence-electron chi connectivity index (χ4n) is 1.98. The van der Waals surface area contributed by atoms with Crippen LogP contribution in [0.4, 0.5) is 0 Å². The molecule has 0 saturated heterocycles. The quantitative estimate of drug-likeness (QED) is 0.748. The average Bonchev–Trinajstić information content (AvgIpc) is 2.52. The van der Waals surface area contributed by atoms with Crippen molar-refractivity contribution >= 4 is 18.3 Å². The molecule has 6 heteroatoms. The van der Waals surface area contributed by atoms with Crippen molar-refractivity contribution in [3.05, 3.63) is 24.3 Å². The van der Waals surface area contributed by atoms with Crippen LogP contribution in [0.1, 0.15) is 26.7 Å². The Labute approximate surface area is 145 Å². The molecule has 5 nitrogen and oxygen atoms in total. The Morgan fingerprint density at radius 2 is 1.87 bits per heavy atom. The monoisotopic (exact) mass is 344 g/mol. The van der Waals surface area contributed by atoms with Gasteiger partial charge >= 0.3 is 0 Å². The molecule has 1 unspecified atom stereocenters. The van der Waals surface area contributed by atoms with Crippen LogP contribution < -0.4 is 15.2 Å². The third-order valence-corrected chi connectivity index (χ3v) is 3.72. The van der Waals surface area contributed by atoms with E-state index < -0.39 is 0 Å². The Bertz CT molecular complexity index is 469. The number of methoxy groups -OCH3 is 1. The number of carbonyl (C=O) groups is 1. The first-order valence-electron chi connectivity index (χ1n) is 7.71. The molecule has 0 fully saturated rings. The molecule has 0 saturated carbocycles. The van der Waals surface area contributed by atoms with Crippen molar-refractivity contribution in [2.24, 2.45) is 11.7 Å². The van der Waals surface area contributed by atoms with Crippen LogP contribution in [0.25, 0.3) is 0 Å². The smallest absolute Gasteiger partial charge is 0.225 e. The molecule has 23 heavy (non-hydrogen) atoms. The molecule has 1 aromatic carbocycles. The van der Waals surface area contributed by atoms with Gasteiger partial charge in [0.05, 0.1) is 20.1 Å². The summed E-state index contributed by atoms with van der Waals surface area (Å²) in [6.07, 6.45) is 1.15. The van der Waals surface area contributed by atoms with E-state index >= 15 is 0 Å². The maximum Gasteiger partial charge on any atom is 0.225 e. The van der Waals surface area contributed by atoms with Crippen molar-refractivity contribution in [1.82, 2.24) is 4.90 Å². The van der Waals surface area contributed by atoms with Crippen LogP contribution in [0, 0.1) is 5.92 Å². The minimum Gasteiger partial charge on any atom is -0.493 e. The highest BCUT2D eigenvalue weighted by molar-refractivity contribution is 5.85. The SMILES string of the molecule is COc1ccccc1OCCC(=O)N(C)CCC(N)C(C)C.Cl. The summed E-state index contributed by atoms with van der Waals surface area (Å²) in [5.41, 5.74) is 6.00. The van der Waals surface area contributed by atoms with Gasteiger partial charge in [-0.15, -0.1) is 12.4 Å². The first kappa shape index (κ1) is 21.5. The summed E-state index contributed by atoms with van der Waals surface area (Å²) in [6, 6.07) is 7.53. The van der Waals surface area contributed by atoms with Crippen molar-refractivity contribution in [1.29, 1.82) is 0 Å². The maximum absolute atomic E-state index is 12.0. The number of nitrogens with zero attached hydrogens (tertiary/aromatic N) is 1. The van der Waals surface area contributed by atoms with E-state index in [-0.39, 0.29) is 24.4 Å². The number of amides is 1. The molecule has 1 amide bonds. The summed E-state index contributed by atoms with van der Waals surface area (Å²) in [6.45, 7) is 5.19. The van der Waals surface area contributed by atoms with E-state index in [1.807, 2.05) is 24.3 Å². The molecule has 0 aromatic heterocycles. The average molecular weight is 345 g/mol. The van der Waals surface area contributed by atoms with E-state index in [1.165, 1.54) is 0 Å². The molecular weight excluding hydrogens is 316 g/mol. The lowest BCUT2D eigenvalue weighted by atomic mass is 10.0. The fraction of sp³-hybridized carbons (Fsp3) is 0.588. The summed E-state index contributed by atoms with van der Waals surface area (Å²) < 4.78 is 10.8. The lowest BCUT2D eigenvalue weighted by Crippen LogP contribution is -2.35. The molecule has 0 spiro atoms. The molecule has 0 aliphatic carbocycles. The molecule has 132 valence electrons. The summed E-state index contributed by atoms with van der Waals surface area (Å²) in [5, 5.41) is 0. The summed E-state index contributed by atoms with van der Waals surface area (Å²) >= 11 is 0. The minimum absolute atomic E-state index is 0. The van der Waals surface area contributed by atoms with Gasteiger partial charge in [-0.05, 0) is 24.5 Å². The Balaban J connectivity index is 0.00000484. The van der Waals surface area contributed by atoms with E-state index in [9.17, 15) is 4.79 Å². The third kappa shape index (κ3) is 7.57. The largest absolute Gasteiger partial charge is 0.493 e. The van der Waals surface area contributed by atoms with Crippen LogP contribution in [-0.2, 0) is 4.79 Å². The zero-order valence-corrected chi connectivity index (χ0v) is 15.3. The van der Waals surface area contributed by atoms with E-state index in [4.69, 9.17) is 15.2 Å². The van der Waals surface area contributed by atoms with Crippen LogP contribution in [-0.4, -0.2) is 44.2 Å². The van der Waals surface area contributed by atoms with Crippen LogP contribution in [0.2, 0.25) is 0 Å². The van der Waals surface area contributed by atoms with Gasteiger partial charge in [0.2, 0.25) is 5.91 Å². The van der Waals surface area contributed by atoms with Crippen LogP contribution in [0.3, 0.4) is 0 Å². The Hall–Kier alpha value is -1.46.